The van der Waals surface area contributed by atoms with Crippen molar-refractivity contribution in [2.24, 2.45) is 5.92 Å². The zero-order chi connectivity index (χ0) is 10.6. The van der Waals surface area contributed by atoms with E-state index in [2.05, 4.69) is 17.0 Å². The van der Waals surface area contributed by atoms with Crippen molar-refractivity contribution in [1.29, 1.82) is 0 Å². The maximum atomic E-state index is 11.1. The lowest BCUT2D eigenvalue weighted by Crippen LogP contribution is -2.41. The van der Waals surface area contributed by atoms with Gasteiger partial charge in [-0.2, -0.15) is 0 Å². The zero-order valence-corrected chi connectivity index (χ0v) is 9.38. The molecule has 1 fully saturated rings. The van der Waals surface area contributed by atoms with E-state index in [0.29, 0.717) is 6.04 Å². The van der Waals surface area contributed by atoms with Crippen molar-refractivity contribution in [3.8, 4) is 0 Å². The molecule has 1 aliphatic carbocycles. The van der Waals surface area contributed by atoms with Crippen LogP contribution in [0.25, 0.3) is 0 Å². The van der Waals surface area contributed by atoms with Gasteiger partial charge in [0, 0.05) is 6.04 Å². The van der Waals surface area contributed by atoms with Gasteiger partial charge in [0.25, 0.3) is 0 Å². The normalized spacial score (nSPS) is 21.1. The van der Waals surface area contributed by atoms with Crippen LogP contribution in [0.3, 0.4) is 0 Å². The van der Waals surface area contributed by atoms with Gasteiger partial charge in [-0.1, -0.05) is 19.3 Å². The zero-order valence-electron chi connectivity index (χ0n) is 9.38. The number of hydrogen-bond donors (Lipinski definition) is 1. The average Bonchev–Trinajstić information content (AvgIpc) is 2.10. The second kappa shape index (κ2) is 5.35. The van der Waals surface area contributed by atoms with Gasteiger partial charge in [-0.05, 0) is 26.2 Å². The maximum Gasteiger partial charge on any atom is 0.322 e. The molecule has 1 unspecified atom stereocenters. The van der Waals surface area contributed by atoms with Gasteiger partial charge in [0.1, 0.15) is 6.04 Å². The van der Waals surface area contributed by atoms with Gasteiger partial charge in [0.2, 0.25) is 0 Å². The Labute approximate surface area is 86.2 Å². The van der Waals surface area contributed by atoms with E-state index < -0.39 is 0 Å². The number of carbonyl (C=O) groups excluding carboxylic acids is 1. The number of ether oxygens (including phenoxy) is 1. The van der Waals surface area contributed by atoms with Crippen LogP contribution in [0, 0.1) is 5.92 Å². The van der Waals surface area contributed by atoms with Gasteiger partial charge < -0.3 is 10.1 Å². The topological polar surface area (TPSA) is 38.3 Å². The van der Waals surface area contributed by atoms with Crippen molar-refractivity contribution in [3.63, 3.8) is 0 Å². The molecule has 3 nitrogen and oxygen atoms in total. The molecule has 0 radical (unpaired) electrons. The number of esters is 1. The molecule has 1 saturated carbocycles. The van der Waals surface area contributed by atoms with Crippen LogP contribution in [0.1, 0.15) is 39.5 Å². The highest BCUT2D eigenvalue weighted by Crippen LogP contribution is 2.30. The van der Waals surface area contributed by atoms with Gasteiger partial charge >= 0.3 is 5.97 Å². The Kier molecular flexibility index (Phi) is 4.39. The number of rotatable bonds is 5. The molecule has 0 aliphatic heterocycles. The number of carbonyl (C=O) groups is 1. The quantitative estimate of drug-likeness (QED) is 0.685. The van der Waals surface area contributed by atoms with Crippen LogP contribution in [0.15, 0.2) is 0 Å². The van der Waals surface area contributed by atoms with Crippen LogP contribution >= 0.6 is 0 Å². The van der Waals surface area contributed by atoms with Crippen LogP contribution in [0.4, 0.5) is 0 Å². The van der Waals surface area contributed by atoms with Gasteiger partial charge in [0.05, 0.1) is 7.11 Å². The summed E-state index contributed by atoms with van der Waals surface area (Å²) in [6.45, 7) is 3.99. The summed E-state index contributed by atoms with van der Waals surface area (Å²) in [6, 6.07) is 0.226. The van der Waals surface area contributed by atoms with Gasteiger partial charge in [-0.15, -0.1) is 0 Å². The summed E-state index contributed by atoms with van der Waals surface area (Å²) in [5.74, 6) is 0.702. The Morgan fingerprint density at radius 1 is 1.50 bits per heavy atom. The Morgan fingerprint density at radius 3 is 2.57 bits per heavy atom. The predicted molar refractivity (Wildman–Crippen MR) is 56.0 cm³/mol. The minimum absolute atomic E-state index is 0.176. The summed E-state index contributed by atoms with van der Waals surface area (Å²) in [5, 5.41) is 3.26. The third-order valence-corrected chi connectivity index (χ3v) is 3.00. The lowest BCUT2D eigenvalue weighted by molar-refractivity contribution is -0.142. The van der Waals surface area contributed by atoms with Crippen molar-refractivity contribution in [2.75, 3.05) is 7.11 Å². The van der Waals surface area contributed by atoms with Crippen LogP contribution in [0.2, 0.25) is 0 Å². The smallest absolute Gasteiger partial charge is 0.322 e. The first kappa shape index (κ1) is 11.5. The molecule has 0 aromatic carbocycles. The van der Waals surface area contributed by atoms with E-state index in [9.17, 15) is 4.79 Å². The highest BCUT2D eigenvalue weighted by Gasteiger charge is 2.22. The SMILES string of the molecule is COC(=O)[C@H](C)NC(C)CC1CCC1. The first-order valence-electron chi connectivity index (χ1n) is 5.47. The number of nitrogens with one attached hydrogen (secondary N) is 1. The molecule has 0 spiro atoms. The highest BCUT2D eigenvalue weighted by molar-refractivity contribution is 5.75. The fourth-order valence-corrected chi connectivity index (χ4v) is 1.97. The lowest BCUT2D eigenvalue weighted by Gasteiger charge is -2.29. The summed E-state index contributed by atoms with van der Waals surface area (Å²) in [6.07, 6.45) is 5.28. The summed E-state index contributed by atoms with van der Waals surface area (Å²) in [7, 11) is 1.43. The van der Waals surface area contributed by atoms with Crippen molar-refractivity contribution >= 4 is 5.97 Å². The molecule has 82 valence electrons. The molecule has 1 N–H and O–H groups in total. The molecule has 0 amide bonds. The van der Waals surface area contributed by atoms with E-state index >= 15 is 0 Å². The fraction of sp³-hybridized carbons (Fsp3) is 0.909. The standard InChI is InChI=1S/C11H21NO2/c1-8(7-10-5-4-6-10)12-9(2)11(13)14-3/h8-10,12H,4-7H2,1-3H3/t8?,9-/m0/s1. The fourth-order valence-electron chi connectivity index (χ4n) is 1.97. The van der Waals surface area contributed by atoms with E-state index in [0.717, 1.165) is 5.92 Å². The third-order valence-electron chi connectivity index (χ3n) is 3.00. The number of methoxy groups -OCH3 is 1. The average molecular weight is 199 g/mol. The van der Waals surface area contributed by atoms with E-state index in [4.69, 9.17) is 0 Å². The van der Waals surface area contributed by atoms with E-state index in [1.165, 1.54) is 32.8 Å². The van der Waals surface area contributed by atoms with E-state index in [1.807, 2.05) is 6.92 Å². The first-order valence-corrected chi connectivity index (χ1v) is 5.47. The molecule has 2 atom stereocenters. The minimum Gasteiger partial charge on any atom is -0.468 e. The van der Waals surface area contributed by atoms with Crippen LogP contribution in [0.5, 0.6) is 0 Å². The minimum atomic E-state index is -0.185. The Morgan fingerprint density at radius 2 is 2.14 bits per heavy atom. The largest absolute Gasteiger partial charge is 0.468 e. The molecule has 0 saturated heterocycles. The molecule has 14 heavy (non-hydrogen) atoms. The highest BCUT2D eigenvalue weighted by atomic mass is 16.5. The second-order valence-electron chi connectivity index (χ2n) is 4.35. The molecule has 0 aromatic heterocycles. The Balaban J connectivity index is 2.17. The number of hydrogen-bond acceptors (Lipinski definition) is 3. The Hall–Kier alpha value is -0.570. The molecule has 3 heteroatoms. The molecular formula is C11H21NO2. The molecule has 1 aliphatic rings. The first-order chi connectivity index (χ1) is 6.63. The molecule has 0 aromatic rings. The van der Waals surface area contributed by atoms with Crippen molar-refractivity contribution in [3.05, 3.63) is 0 Å². The van der Waals surface area contributed by atoms with Crippen LogP contribution in [-0.4, -0.2) is 25.2 Å². The van der Waals surface area contributed by atoms with Gasteiger partial charge in [-0.3, -0.25) is 4.79 Å². The summed E-state index contributed by atoms with van der Waals surface area (Å²) >= 11 is 0. The molecule has 1 rings (SSSR count). The monoisotopic (exact) mass is 199 g/mol. The molecular weight excluding hydrogens is 178 g/mol. The van der Waals surface area contributed by atoms with Gasteiger partial charge in [0.15, 0.2) is 0 Å². The van der Waals surface area contributed by atoms with E-state index in [-0.39, 0.29) is 12.0 Å². The van der Waals surface area contributed by atoms with Gasteiger partial charge in [-0.25, -0.2) is 0 Å². The Bertz CT molecular complexity index is 190. The lowest BCUT2D eigenvalue weighted by atomic mass is 9.81. The van der Waals surface area contributed by atoms with Crippen molar-refractivity contribution in [1.82, 2.24) is 5.32 Å². The molecule has 0 heterocycles. The second-order valence-corrected chi connectivity index (χ2v) is 4.35. The van der Waals surface area contributed by atoms with Crippen LogP contribution in [-0.2, 0) is 9.53 Å². The summed E-state index contributed by atoms with van der Waals surface area (Å²) in [5.41, 5.74) is 0. The third kappa shape index (κ3) is 3.29. The summed E-state index contributed by atoms with van der Waals surface area (Å²) < 4.78 is 4.66. The van der Waals surface area contributed by atoms with Crippen molar-refractivity contribution in [2.45, 2.75) is 51.6 Å². The summed E-state index contributed by atoms with van der Waals surface area (Å²) in [4.78, 5) is 11.1. The molecule has 0 bridgehead atoms. The maximum absolute atomic E-state index is 11.1. The van der Waals surface area contributed by atoms with Crippen molar-refractivity contribution < 1.29 is 9.53 Å². The van der Waals surface area contributed by atoms with Crippen LogP contribution < -0.4 is 5.32 Å². The predicted octanol–water partition coefficient (Wildman–Crippen LogP) is 1.72. The van der Waals surface area contributed by atoms with E-state index in [1.54, 1.807) is 0 Å².